The van der Waals surface area contributed by atoms with Crippen molar-refractivity contribution in [2.75, 3.05) is 10.5 Å². The van der Waals surface area contributed by atoms with Gasteiger partial charge in [-0.1, -0.05) is 23.2 Å². The number of benzene rings is 2. The number of nitrogens with two attached hydrogens (primary N) is 1. The molecule has 0 bridgehead atoms. The number of nitrogen functional groups attached to an aromatic ring is 1. The monoisotopic (exact) mass is 394 g/mol. The second-order valence-corrected chi connectivity index (χ2v) is 7.29. The van der Waals surface area contributed by atoms with E-state index < -0.39 is 10.0 Å². The molecule has 20 heavy (non-hydrogen) atoms. The first-order valence-corrected chi connectivity index (χ1v) is 8.36. The summed E-state index contributed by atoms with van der Waals surface area (Å²) in [6, 6.07) is 8.89. The van der Waals surface area contributed by atoms with Crippen molar-refractivity contribution < 1.29 is 8.42 Å². The Labute approximate surface area is 135 Å². The first-order valence-electron chi connectivity index (χ1n) is 5.32. The first kappa shape index (κ1) is 15.4. The summed E-state index contributed by atoms with van der Waals surface area (Å²) in [5.74, 6) is 0. The molecule has 0 amide bonds. The standard InChI is InChI=1S/C12H9BrCl2N2O2S/c13-9-3-1-7(14)5-12(9)17-20(18,19)8-2-4-11(16)10(15)6-8/h1-6,17H,16H2. The van der Waals surface area contributed by atoms with Gasteiger partial charge in [0.25, 0.3) is 10.0 Å². The van der Waals surface area contributed by atoms with Crippen LogP contribution in [0, 0.1) is 0 Å². The molecule has 0 heterocycles. The van der Waals surface area contributed by atoms with E-state index in [0.717, 1.165) is 0 Å². The third-order valence-electron chi connectivity index (χ3n) is 2.45. The minimum Gasteiger partial charge on any atom is -0.398 e. The number of rotatable bonds is 3. The highest BCUT2D eigenvalue weighted by Gasteiger charge is 2.17. The molecule has 8 heteroatoms. The maximum absolute atomic E-state index is 12.3. The van der Waals surface area contributed by atoms with Gasteiger partial charge >= 0.3 is 0 Å². The third-order valence-corrected chi connectivity index (χ3v) is 5.07. The lowest BCUT2D eigenvalue weighted by atomic mass is 10.3. The molecule has 0 aromatic heterocycles. The summed E-state index contributed by atoms with van der Waals surface area (Å²) in [7, 11) is -3.77. The molecule has 0 fully saturated rings. The van der Waals surface area contributed by atoms with Gasteiger partial charge in [0.15, 0.2) is 0 Å². The summed E-state index contributed by atoms with van der Waals surface area (Å²) in [5.41, 5.74) is 6.21. The van der Waals surface area contributed by atoms with E-state index in [1.165, 1.54) is 24.3 Å². The van der Waals surface area contributed by atoms with Crippen LogP contribution in [-0.2, 0) is 10.0 Å². The lowest BCUT2D eigenvalue weighted by molar-refractivity contribution is 0.601. The number of hydrogen-bond donors (Lipinski definition) is 2. The normalized spacial score (nSPS) is 11.3. The van der Waals surface area contributed by atoms with Crippen LogP contribution in [0.15, 0.2) is 45.8 Å². The fourth-order valence-electron chi connectivity index (χ4n) is 1.45. The van der Waals surface area contributed by atoms with Crippen molar-refractivity contribution in [2.45, 2.75) is 4.90 Å². The minimum atomic E-state index is -3.77. The average Bonchev–Trinajstić information content (AvgIpc) is 2.36. The van der Waals surface area contributed by atoms with E-state index in [1.807, 2.05) is 0 Å². The Morgan fingerprint density at radius 3 is 2.45 bits per heavy atom. The molecule has 0 saturated heterocycles. The van der Waals surface area contributed by atoms with Gasteiger partial charge in [-0.2, -0.15) is 0 Å². The highest BCUT2D eigenvalue weighted by atomic mass is 79.9. The molecule has 0 atom stereocenters. The minimum absolute atomic E-state index is 0.0172. The van der Waals surface area contributed by atoms with E-state index >= 15 is 0 Å². The van der Waals surface area contributed by atoms with E-state index in [4.69, 9.17) is 28.9 Å². The summed E-state index contributed by atoms with van der Waals surface area (Å²) < 4.78 is 27.5. The van der Waals surface area contributed by atoms with Gasteiger partial charge in [-0.25, -0.2) is 8.42 Å². The fourth-order valence-corrected chi connectivity index (χ4v) is 3.45. The molecule has 0 radical (unpaired) electrons. The van der Waals surface area contributed by atoms with Crippen LogP contribution >= 0.6 is 39.1 Å². The van der Waals surface area contributed by atoms with Crippen molar-refractivity contribution in [3.63, 3.8) is 0 Å². The Hall–Kier alpha value is -0.950. The van der Waals surface area contributed by atoms with Gasteiger partial charge in [0.05, 0.1) is 21.3 Å². The van der Waals surface area contributed by atoms with Crippen LogP contribution in [0.4, 0.5) is 11.4 Å². The maximum atomic E-state index is 12.3. The Balaban J connectivity index is 2.40. The van der Waals surface area contributed by atoms with Gasteiger partial charge in [0.1, 0.15) is 0 Å². The Morgan fingerprint density at radius 2 is 1.80 bits per heavy atom. The molecule has 0 unspecified atom stereocenters. The van der Waals surface area contributed by atoms with Crippen molar-refractivity contribution in [1.82, 2.24) is 0 Å². The molecule has 3 N–H and O–H groups in total. The molecule has 4 nitrogen and oxygen atoms in total. The maximum Gasteiger partial charge on any atom is 0.261 e. The highest BCUT2D eigenvalue weighted by Crippen LogP contribution is 2.29. The van der Waals surface area contributed by atoms with Gasteiger partial charge in [0.2, 0.25) is 0 Å². The molecule has 2 aromatic carbocycles. The zero-order valence-electron chi connectivity index (χ0n) is 9.90. The number of hydrogen-bond acceptors (Lipinski definition) is 3. The van der Waals surface area contributed by atoms with Gasteiger partial charge in [0, 0.05) is 9.50 Å². The van der Waals surface area contributed by atoms with E-state index in [9.17, 15) is 8.42 Å². The van der Waals surface area contributed by atoms with Gasteiger partial charge in [-0.3, -0.25) is 4.72 Å². The van der Waals surface area contributed by atoms with Crippen molar-refractivity contribution in [3.05, 3.63) is 50.9 Å². The summed E-state index contributed by atoms with van der Waals surface area (Å²) in [5, 5.41) is 0.597. The van der Waals surface area contributed by atoms with Crippen LogP contribution in [0.2, 0.25) is 10.0 Å². The summed E-state index contributed by atoms with van der Waals surface area (Å²) in [4.78, 5) is 0.0172. The topological polar surface area (TPSA) is 72.2 Å². The van der Waals surface area contributed by atoms with Crippen LogP contribution < -0.4 is 10.5 Å². The van der Waals surface area contributed by atoms with Gasteiger partial charge < -0.3 is 5.73 Å². The average molecular weight is 396 g/mol. The number of nitrogens with one attached hydrogen (secondary N) is 1. The van der Waals surface area contributed by atoms with Crippen LogP contribution in [-0.4, -0.2) is 8.42 Å². The van der Waals surface area contributed by atoms with E-state index in [-0.39, 0.29) is 9.92 Å². The van der Waals surface area contributed by atoms with E-state index in [2.05, 4.69) is 20.7 Å². The molecule has 0 aliphatic heterocycles. The first-order chi connectivity index (χ1) is 9.29. The lowest BCUT2D eigenvalue weighted by Crippen LogP contribution is -2.13. The molecule has 106 valence electrons. The van der Waals surface area contributed by atoms with Crippen LogP contribution in [0.25, 0.3) is 0 Å². The summed E-state index contributed by atoms with van der Waals surface area (Å²) in [6.45, 7) is 0. The zero-order chi connectivity index (χ0) is 14.9. The van der Waals surface area contributed by atoms with Gasteiger partial charge in [-0.05, 0) is 52.3 Å². The van der Waals surface area contributed by atoms with Crippen LogP contribution in [0.3, 0.4) is 0 Å². The molecule has 0 saturated carbocycles. The molecule has 0 aliphatic carbocycles. The summed E-state index contributed by atoms with van der Waals surface area (Å²) in [6.07, 6.45) is 0. The fraction of sp³-hybridized carbons (Fsp3) is 0. The predicted octanol–water partition coefficient (Wildman–Crippen LogP) is 4.14. The smallest absolute Gasteiger partial charge is 0.261 e. The van der Waals surface area contributed by atoms with Crippen molar-refractivity contribution >= 4 is 60.5 Å². The van der Waals surface area contributed by atoms with Crippen molar-refractivity contribution in [3.8, 4) is 0 Å². The Kier molecular flexibility index (Phi) is 4.49. The van der Waals surface area contributed by atoms with Crippen molar-refractivity contribution in [2.24, 2.45) is 0 Å². The molecule has 2 aromatic rings. The third kappa shape index (κ3) is 3.38. The SMILES string of the molecule is Nc1ccc(S(=O)(=O)Nc2cc(Cl)ccc2Br)cc1Cl. The Morgan fingerprint density at radius 1 is 1.10 bits per heavy atom. The lowest BCUT2D eigenvalue weighted by Gasteiger charge is -2.11. The van der Waals surface area contributed by atoms with E-state index in [1.54, 1.807) is 12.1 Å². The van der Waals surface area contributed by atoms with Crippen LogP contribution in [0.1, 0.15) is 0 Å². The van der Waals surface area contributed by atoms with Crippen LogP contribution in [0.5, 0.6) is 0 Å². The molecule has 0 spiro atoms. The molecule has 2 rings (SSSR count). The van der Waals surface area contributed by atoms with Crippen molar-refractivity contribution in [1.29, 1.82) is 0 Å². The zero-order valence-corrected chi connectivity index (χ0v) is 13.8. The van der Waals surface area contributed by atoms with E-state index in [0.29, 0.717) is 20.9 Å². The molecular weight excluding hydrogens is 387 g/mol. The number of halogens is 3. The largest absolute Gasteiger partial charge is 0.398 e. The second kappa shape index (κ2) is 5.81. The highest BCUT2D eigenvalue weighted by molar-refractivity contribution is 9.10. The van der Waals surface area contributed by atoms with Gasteiger partial charge in [-0.15, -0.1) is 0 Å². The predicted molar refractivity (Wildman–Crippen MR) is 85.8 cm³/mol. The molecular formula is C12H9BrCl2N2O2S. The molecule has 0 aliphatic rings. The second-order valence-electron chi connectivity index (χ2n) is 3.91. The Bertz CT molecular complexity index is 766. The summed E-state index contributed by atoms with van der Waals surface area (Å²) >= 11 is 14.9. The number of sulfonamides is 1. The number of anilines is 2. The quantitative estimate of drug-likeness (QED) is 0.767.